The van der Waals surface area contributed by atoms with Gasteiger partial charge in [0.1, 0.15) is 5.78 Å². The molecule has 1 amide bonds. The molecule has 0 aromatic heterocycles. The van der Waals surface area contributed by atoms with Crippen LogP contribution in [0.5, 0.6) is 0 Å². The zero-order chi connectivity index (χ0) is 12.1. The van der Waals surface area contributed by atoms with E-state index in [1.807, 2.05) is 0 Å². The van der Waals surface area contributed by atoms with Crippen LogP contribution in [0.1, 0.15) is 13.3 Å². The van der Waals surface area contributed by atoms with Gasteiger partial charge in [0.15, 0.2) is 0 Å². The van der Waals surface area contributed by atoms with Gasteiger partial charge >= 0.3 is 0 Å². The zero-order valence-corrected chi connectivity index (χ0v) is 11.9. The molecule has 0 aromatic rings. The van der Waals surface area contributed by atoms with Crippen LogP contribution in [0.2, 0.25) is 19.6 Å². The number of carbonyl (C=O) groups excluding carboxylic acids is 2. The number of nitrogens with one attached hydrogen (secondary N) is 1. The minimum absolute atomic E-state index is 0.0391. The number of carbonyl (C=O) groups is 2. The molecule has 1 N–H and O–H groups in total. The molecule has 0 rings (SSSR count). The minimum atomic E-state index is -1.26. The van der Waals surface area contributed by atoms with Gasteiger partial charge < -0.3 is 10.1 Å². The fourth-order valence-corrected chi connectivity index (χ4v) is 2.08. The maximum absolute atomic E-state index is 11.7. The third-order valence-corrected chi connectivity index (χ3v) is 3.60. The molecule has 0 heterocycles. The zero-order valence-electron chi connectivity index (χ0n) is 9.96. The van der Waals surface area contributed by atoms with Crippen LogP contribution in [0.4, 0.5) is 0 Å². The summed E-state index contributed by atoms with van der Waals surface area (Å²) in [4.78, 5) is 22.6. The summed E-state index contributed by atoms with van der Waals surface area (Å²) in [7, 11) is -1.26. The summed E-state index contributed by atoms with van der Waals surface area (Å²) in [6.45, 7) is 8.07. The summed E-state index contributed by atoms with van der Waals surface area (Å²) in [5, 5.41) is 2.90. The predicted octanol–water partition coefficient (Wildman–Crippen LogP) is 1.51. The average Bonchev–Trinajstić information content (AvgIpc) is 2.08. The topological polar surface area (TPSA) is 46.2 Å². The normalized spacial score (nSPS) is 13.4. The molecule has 0 fully saturated rings. The van der Waals surface area contributed by atoms with Crippen molar-refractivity contribution in [2.45, 2.75) is 33.0 Å². The van der Waals surface area contributed by atoms with Crippen LogP contribution in [0.15, 0.2) is 0 Å². The van der Waals surface area contributed by atoms with E-state index in [9.17, 15) is 9.59 Å². The maximum atomic E-state index is 11.7. The molecule has 0 saturated heterocycles. The highest BCUT2D eigenvalue weighted by molar-refractivity contribution is 7.80. The van der Waals surface area contributed by atoms with Gasteiger partial charge in [-0.3, -0.25) is 4.79 Å². The number of rotatable bonds is 6. The van der Waals surface area contributed by atoms with E-state index in [4.69, 9.17) is 0 Å². The van der Waals surface area contributed by atoms with Crippen molar-refractivity contribution in [1.29, 1.82) is 0 Å². The Morgan fingerprint density at radius 1 is 1.33 bits per heavy atom. The van der Waals surface area contributed by atoms with Gasteiger partial charge in [-0.05, 0) is 6.92 Å². The van der Waals surface area contributed by atoms with E-state index in [0.717, 1.165) is 6.17 Å². The average molecular weight is 247 g/mol. The lowest BCUT2D eigenvalue weighted by Crippen LogP contribution is -2.43. The highest BCUT2D eigenvalue weighted by Crippen LogP contribution is 2.07. The molecule has 0 radical (unpaired) electrons. The standard InChI is InChI=1S/C10H21NO2SSi/c1-8(12)5-9(6-14)10(13)11-7-15(2,3)4/h9,14H,5-7H2,1-4H3,(H,11,13)/t9-/m0/s1. The number of thiol groups is 1. The van der Waals surface area contributed by atoms with Gasteiger partial charge in [-0.2, -0.15) is 12.6 Å². The van der Waals surface area contributed by atoms with Crippen LogP contribution < -0.4 is 5.32 Å². The smallest absolute Gasteiger partial charge is 0.224 e. The van der Waals surface area contributed by atoms with Crippen molar-refractivity contribution in [3.8, 4) is 0 Å². The third-order valence-electron chi connectivity index (χ3n) is 1.92. The van der Waals surface area contributed by atoms with E-state index in [1.54, 1.807) is 0 Å². The summed E-state index contributed by atoms with van der Waals surface area (Å²) < 4.78 is 0. The molecule has 0 aliphatic heterocycles. The van der Waals surface area contributed by atoms with Crippen molar-refractivity contribution >= 4 is 32.4 Å². The molecular weight excluding hydrogens is 226 g/mol. The van der Waals surface area contributed by atoms with E-state index in [0.29, 0.717) is 12.2 Å². The van der Waals surface area contributed by atoms with E-state index in [-0.39, 0.29) is 17.6 Å². The number of hydrogen-bond donors (Lipinski definition) is 2. The Morgan fingerprint density at radius 3 is 2.20 bits per heavy atom. The molecule has 0 unspecified atom stereocenters. The first kappa shape index (κ1) is 14.7. The van der Waals surface area contributed by atoms with E-state index < -0.39 is 8.07 Å². The minimum Gasteiger partial charge on any atom is -0.359 e. The van der Waals surface area contributed by atoms with Gasteiger partial charge in [-0.25, -0.2) is 0 Å². The molecule has 0 aliphatic rings. The second kappa shape index (κ2) is 6.32. The molecule has 3 nitrogen and oxygen atoms in total. The molecule has 0 bridgehead atoms. The summed E-state index contributed by atoms with van der Waals surface area (Å²) in [5.74, 6) is 0.152. The van der Waals surface area contributed by atoms with Gasteiger partial charge in [-0.1, -0.05) is 19.6 Å². The largest absolute Gasteiger partial charge is 0.359 e. The third kappa shape index (κ3) is 7.61. The molecule has 5 heteroatoms. The van der Waals surface area contributed by atoms with Crippen molar-refractivity contribution in [3.63, 3.8) is 0 Å². The summed E-state index contributed by atoms with van der Waals surface area (Å²) in [5.41, 5.74) is 0. The van der Waals surface area contributed by atoms with Crippen molar-refractivity contribution in [2.75, 3.05) is 11.9 Å². The van der Waals surface area contributed by atoms with Gasteiger partial charge in [0.05, 0.1) is 14.0 Å². The first-order chi connectivity index (χ1) is 6.76. The van der Waals surface area contributed by atoms with Crippen LogP contribution >= 0.6 is 12.6 Å². The number of ketones is 1. The molecule has 0 spiro atoms. The highest BCUT2D eigenvalue weighted by Gasteiger charge is 2.21. The number of amides is 1. The monoisotopic (exact) mass is 247 g/mol. The summed E-state index contributed by atoms with van der Waals surface area (Å²) >= 11 is 4.09. The molecular formula is C10H21NO2SSi. The maximum Gasteiger partial charge on any atom is 0.224 e. The lowest BCUT2D eigenvalue weighted by molar-refractivity contribution is -0.127. The highest BCUT2D eigenvalue weighted by atomic mass is 32.1. The summed E-state index contributed by atoms with van der Waals surface area (Å²) in [6.07, 6.45) is 1.05. The second-order valence-electron chi connectivity index (χ2n) is 5.06. The Hall–Kier alpha value is -0.293. The molecule has 0 aromatic carbocycles. The second-order valence-corrected chi connectivity index (χ2v) is 10.9. The van der Waals surface area contributed by atoms with Crippen LogP contribution in [0.25, 0.3) is 0 Å². The molecule has 1 atom stereocenters. The Morgan fingerprint density at radius 2 is 1.87 bits per heavy atom. The lowest BCUT2D eigenvalue weighted by atomic mass is 10.0. The number of hydrogen-bond acceptors (Lipinski definition) is 3. The molecule has 15 heavy (non-hydrogen) atoms. The Labute approximate surface area is 98.4 Å². The van der Waals surface area contributed by atoms with Gasteiger partial charge in [0.2, 0.25) is 5.91 Å². The van der Waals surface area contributed by atoms with E-state index >= 15 is 0 Å². The Bertz CT molecular complexity index is 238. The van der Waals surface area contributed by atoms with Gasteiger partial charge in [0, 0.05) is 18.3 Å². The fourth-order valence-electron chi connectivity index (χ4n) is 1.08. The Balaban J connectivity index is 4.11. The van der Waals surface area contributed by atoms with Crippen molar-refractivity contribution in [2.24, 2.45) is 5.92 Å². The molecule has 88 valence electrons. The van der Waals surface area contributed by atoms with Crippen LogP contribution in [-0.4, -0.2) is 31.7 Å². The van der Waals surface area contributed by atoms with Crippen molar-refractivity contribution in [3.05, 3.63) is 0 Å². The quantitative estimate of drug-likeness (QED) is 0.552. The number of Topliss-reactive ketones (excluding diaryl/α,β-unsaturated/α-hetero) is 1. The van der Waals surface area contributed by atoms with Gasteiger partial charge in [0.25, 0.3) is 0 Å². The fraction of sp³-hybridized carbons (Fsp3) is 0.800. The molecule has 0 saturated carbocycles. The van der Waals surface area contributed by atoms with Gasteiger partial charge in [-0.15, -0.1) is 0 Å². The molecule has 0 aliphatic carbocycles. The Kier molecular flexibility index (Phi) is 6.20. The first-order valence-corrected chi connectivity index (χ1v) is 9.48. The van der Waals surface area contributed by atoms with Crippen LogP contribution in [0.3, 0.4) is 0 Å². The SMILES string of the molecule is CC(=O)C[C@@H](CS)C(=O)NC[Si](C)(C)C. The van der Waals surface area contributed by atoms with E-state index in [1.165, 1.54) is 6.92 Å². The predicted molar refractivity (Wildman–Crippen MR) is 69.0 cm³/mol. The lowest BCUT2D eigenvalue weighted by Gasteiger charge is -2.19. The van der Waals surface area contributed by atoms with Crippen molar-refractivity contribution in [1.82, 2.24) is 5.32 Å². The van der Waals surface area contributed by atoms with E-state index in [2.05, 4.69) is 37.6 Å². The van der Waals surface area contributed by atoms with Crippen LogP contribution in [0, 0.1) is 5.92 Å². The summed E-state index contributed by atoms with van der Waals surface area (Å²) in [6, 6.07) is 0. The van der Waals surface area contributed by atoms with Crippen molar-refractivity contribution < 1.29 is 9.59 Å². The van der Waals surface area contributed by atoms with Crippen LogP contribution in [-0.2, 0) is 9.59 Å². The first-order valence-electron chi connectivity index (χ1n) is 5.14.